The second-order valence-electron chi connectivity index (χ2n) is 3.47. The summed E-state index contributed by atoms with van der Waals surface area (Å²) in [4.78, 5) is 0. The van der Waals surface area contributed by atoms with Crippen LogP contribution in [0, 0.1) is 17.8 Å². The molecule has 0 radical (unpaired) electrons. The SMILES string of the molecule is C=C(N)C(C)C(C)C(C)C. The third-order valence-electron chi connectivity index (χ3n) is 2.43. The summed E-state index contributed by atoms with van der Waals surface area (Å²) in [5.41, 5.74) is 6.39. The predicted molar refractivity (Wildman–Crippen MR) is 46.5 cm³/mol. The molecule has 0 bridgehead atoms. The van der Waals surface area contributed by atoms with Crippen LogP contribution in [0.15, 0.2) is 12.3 Å². The van der Waals surface area contributed by atoms with E-state index in [2.05, 4.69) is 34.3 Å². The van der Waals surface area contributed by atoms with Crippen molar-refractivity contribution in [2.24, 2.45) is 23.5 Å². The summed E-state index contributed by atoms with van der Waals surface area (Å²) in [6.07, 6.45) is 0. The molecule has 0 amide bonds. The minimum Gasteiger partial charge on any atom is -0.402 e. The summed E-state index contributed by atoms with van der Waals surface area (Å²) in [6, 6.07) is 0. The lowest BCUT2D eigenvalue weighted by atomic mass is 9.85. The Bertz CT molecular complexity index is 116. The fourth-order valence-electron chi connectivity index (χ4n) is 0.915. The molecule has 2 N–H and O–H groups in total. The molecular formula is C9H19N. The highest BCUT2D eigenvalue weighted by Gasteiger charge is 2.15. The van der Waals surface area contributed by atoms with Gasteiger partial charge in [-0.2, -0.15) is 0 Å². The maximum atomic E-state index is 5.58. The van der Waals surface area contributed by atoms with Crippen molar-refractivity contribution < 1.29 is 0 Å². The molecule has 60 valence electrons. The molecule has 0 aromatic carbocycles. The van der Waals surface area contributed by atoms with Gasteiger partial charge in [0.05, 0.1) is 0 Å². The highest BCUT2D eigenvalue weighted by molar-refractivity contribution is 4.94. The summed E-state index contributed by atoms with van der Waals surface area (Å²) in [5.74, 6) is 1.77. The number of nitrogens with two attached hydrogens (primary N) is 1. The fraction of sp³-hybridized carbons (Fsp3) is 0.778. The lowest BCUT2D eigenvalue weighted by Crippen LogP contribution is -2.19. The van der Waals surface area contributed by atoms with Crippen LogP contribution in [0.5, 0.6) is 0 Å². The van der Waals surface area contributed by atoms with E-state index < -0.39 is 0 Å². The van der Waals surface area contributed by atoms with Crippen molar-refractivity contribution in [2.75, 3.05) is 0 Å². The summed E-state index contributed by atoms with van der Waals surface area (Å²) >= 11 is 0. The second-order valence-corrected chi connectivity index (χ2v) is 3.47. The zero-order valence-electron chi connectivity index (χ0n) is 7.52. The maximum Gasteiger partial charge on any atom is 0.00390 e. The Balaban J connectivity index is 3.94. The minimum atomic E-state index is 0.444. The first kappa shape index (κ1) is 9.54. The third kappa shape index (κ3) is 2.42. The number of allylic oxidation sites excluding steroid dienone is 1. The average molecular weight is 141 g/mol. The summed E-state index contributed by atoms with van der Waals surface area (Å²) in [5, 5.41) is 0. The lowest BCUT2D eigenvalue weighted by Gasteiger charge is -2.22. The van der Waals surface area contributed by atoms with Crippen molar-refractivity contribution in [3.05, 3.63) is 12.3 Å². The number of hydrogen-bond acceptors (Lipinski definition) is 1. The van der Waals surface area contributed by atoms with Gasteiger partial charge in [-0.25, -0.2) is 0 Å². The van der Waals surface area contributed by atoms with Gasteiger partial charge in [0.2, 0.25) is 0 Å². The second kappa shape index (κ2) is 3.65. The molecule has 0 aliphatic rings. The third-order valence-corrected chi connectivity index (χ3v) is 2.43. The van der Waals surface area contributed by atoms with E-state index in [0.29, 0.717) is 17.8 Å². The van der Waals surface area contributed by atoms with E-state index in [0.717, 1.165) is 5.70 Å². The Morgan fingerprint density at radius 1 is 1.20 bits per heavy atom. The highest BCUT2D eigenvalue weighted by Crippen LogP contribution is 2.22. The van der Waals surface area contributed by atoms with E-state index in [1.807, 2.05) is 0 Å². The smallest absolute Gasteiger partial charge is 0.00390 e. The van der Waals surface area contributed by atoms with Gasteiger partial charge in [-0.15, -0.1) is 0 Å². The van der Waals surface area contributed by atoms with Crippen LogP contribution in [-0.2, 0) is 0 Å². The van der Waals surface area contributed by atoms with E-state index in [1.165, 1.54) is 0 Å². The van der Waals surface area contributed by atoms with Crippen molar-refractivity contribution in [2.45, 2.75) is 27.7 Å². The van der Waals surface area contributed by atoms with E-state index in [4.69, 9.17) is 5.73 Å². The molecule has 1 heteroatoms. The van der Waals surface area contributed by atoms with Gasteiger partial charge in [-0.05, 0) is 17.8 Å². The first-order valence-electron chi connectivity index (χ1n) is 3.91. The molecule has 0 saturated carbocycles. The summed E-state index contributed by atoms with van der Waals surface area (Å²) in [7, 11) is 0. The van der Waals surface area contributed by atoms with Gasteiger partial charge in [-0.1, -0.05) is 34.3 Å². The van der Waals surface area contributed by atoms with Crippen LogP contribution in [0.3, 0.4) is 0 Å². The molecule has 0 aromatic rings. The molecule has 2 atom stereocenters. The lowest BCUT2D eigenvalue weighted by molar-refractivity contribution is 0.329. The molecule has 0 aliphatic heterocycles. The van der Waals surface area contributed by atoms with Crippen LogP contribution in [0.1, 0.15) is 27.7 Å². The molecular weight excluding hydrogens is 122 g/mol. The van der Waals surface area contributed by atoms with Gasteiger partial charge in [0.1, 0.15) is 0 Å². The van der Waals surface area contributed by atoms with Gasteiger partial charge in [-0.3, -0.25) is 0 Å². The Hall–Kier alpha value is -0.460. The molecule has 1 nitrogen and oxygen atoms in total. The molecule has 2 unspecified atom stereocenters. The fourth-order valence-corrected chi connectivity index (χ4v) is 0.915. The van der Waals surface area contributed by atoms with Gasteiger partial charge in [0.15, 0.2) is 0 Å². The summed E-state index contributed by atoms with van der Waals surface area (Å²) in [6.45, 7) is 12.5. The van der Waals surface area contributed by atoms with Crippen LogP contribution in [0.25, 0.3) is 0 Å². The largest absolute Gasteiger partial charge is 0.402 e. The van der Waals surface area contributed by atoms with Crippen molar-refractivity contribution in [1.29, 1.82) is 0 Å². The average Bonchev–Trinajstić information content (AvgIpc) is 1.84. The zero-order chi connectivity index (χ0) is 8.31. The molecule has 0 aliphatic carbocycles. The Morgan fingerprint density at radius 2 is 1.60 bits per heavy atom. The molecule has 10 heavy (non-hydrogen) atoms. The zero-order valence-corrected chi connectivity index (χ0v) is 7.52. The van der Waals surface area contributed by atoms with Gasteiger partial charge in [0, 0.05) is 5.70 Å². The number of hydrogen-bond donors (Lipinski definition) is 1. The van der Waals surface area contributed by atoms with Crippen LogP contribution in [0.2, 0.25) is 0 Å². The molecule has 0 saturated heterocycles. The van der Waals surface area contributed by atoms with Crippen molar-refractivity contribution in [3.63, 3.8) is 0 Å². The maximum absolute atomic E-state index is 5.58. The van der Waals surface area contributed by atoms with E-state index in [-0.39, 0.29) is 0 Å². The quantitative estimate of drug-likeness (QED) is 0.641. The topological polar surface area (TPSA) is 26.0 Å². The van der Waals surface area contributed by atoms with Gasteiger partial charge >= 0.3 is 0 Å². The van der Waals surface area contributed by atoms with Crippen LogP contribution in [-0.4, -0.2) is 0 Å². The van der Waals surface area contributed by atoms with Crippen LogP contribution >= 0.6 is 0 Å². The van der Waals surface area contributed by atoms with Crippen LogP contribution < -0.4 is 5.73 Å². The normalized spacial score (nSPS) is 16.9. The molecule has 0 fully saturated rings. The molecule has 0 heterocycles. The predicted octanol–water partition coefficient (Wildman–Crippen LogP) is 2.39. The van der Waals surface area contributed by atoms with Crippen LogP contribution in [0.4, 0.5) is 0 Å². The molecule has 0 rings (SSSR count). The summed E-state index contributed by atoms with van der Waals surface area (Å²) < 4.78 is 0. The van der Waals surface area contributed by atoms with E-state index in [1.54, 1.807) is 0 Å². The standard InChI is InChI=1S/C9H19N/c1-6(2)7(3)8(4)9(5)10/h6-8H,5,10H2,1-4H3. The van der Waals surface area contributed by atoms with Gasteiger partial charge in [0.25, 0.3) is 0 Å². The first-order valence-corrected chi connectivity index (χ1v) is 3.91. The van der Waals surface area contributed by atoms with Crippen molar-refractivity contribution in [1.82, 2.24) is 0 Å². The monoisotopic (exact) mass is 141 g/mol. The molecule has 0 aromatic heterocycles. The molecule has 0 spiro atoms. The van der Waals surface area contributed by atoms with Crippen molar-refractivity contribution in [3.8, 4) is 0 Å². The first-order chi connectivity index (χ1) is 4.46. The minimum absolute atomic E-state index is 0.444. The Labute approximate surface area is 64.3 Å². The van der Waals surface area contributed by atoms with Gasteiger partial charge < -0.3 is 5.73 Å². The highest BCUT2D eigenvalue weighted by atomic mass is 14.6. The Kier molecular flexibility index (Phi) is 3.48. The van der Waals surface area contributed by atoms with E-state index >= 15 is 0 Å². The van der Waals surface area contributed by atoms with E-state index in [9.17, 15) is 0 Å². The Morgan fingerprint density at radius 3 is 1.70 bits per heavy atom. The van der Waals surface area contributed by atoms with Crippen molar-refractivity contribution >= 4 is 0 Å². The number of rotatable bonds is 3.